The monoisotopic (exact) mass is 104 g/mol. The Morgan fingerprint density at radius 2 is 2.00 bits per heavy atom. The average Bonchev–Trinajstić information content (AvgIpc) is 1.61. The summed E-state index contributed by atoms with van der Waals surface area (Å²) in [5, 5.41) is 0. The first-order chi connectivity index (χ1) is 2.91. The first kappa shape index (κ1) is 6.43. The fraction of sp³-hybridized carbons (Fsp3) is 1.00. The van der Waals surface area contributed by atoms with Gasteiger partial charge in [-0.15, -0.1) is 9.24 Å². The van der Waals surface area contributed by atoms with Crippen molar-refractivity contribution in [3.8, 4) is 0 Å². The molecule has 0 amide bonds. The summed E-state index contributed by atoms with van der Waals surface area (Å²) in [5.74, 6) is 0. The Labute approximate surface area is 42.5 Å². The van der Waals surface area contributed by atoms with Crippen LogP contribution in [0, 0.1) is 0 Å². The molecule has 0 saturated heterocycles. The first-order valence-corrected chi connectivity index (χ1v) is 3.43. The van der Waals surface area contributed by atoms with Crippen molar-refractivity contribution in [2.45, 2.75) is 26.2 Å². The zero-order valence-electron chi connectivity index (χ0n) is 4.41. The number of hydrogen-bond donors (Lipinski definition) is 0. The van der Waals surface area contributed by atoms with Crippen LogP contribution in [-0.4, -0.2) is 6.16 Å². The molecule has 0 aromatic carbocycles. The zero-order chi connectivity index (χ0) is 4.83. The average molecular weight is 104 g/mol. The van der Waals surface area contributed by atoms with E-state index in [1.165, 1.54) is 25.4 Å². The maximum atomic E-state index is 2.73. The van der Waals surface area contributed by atoms with Crippen molar-refractivity contribution in [1.29, 1.82) is 0 Å². The van der Waals surface area contributed by atoms with Crippen LogP contribution in [0.5, 0.6) is 0 Å². The largest absolute Gasteiger partial charge is 0.138 e. The van der Waals surface area contributed by atoms with Crippen LogP contribution in [0.25, 0.3) is 0 Å². The lowest BCUT2D eigenvalue weighted by molar-refractivity contribution is 0.779. The highest BCUT2D eigenvalue weighted by Gasteiger charge is 1.75. The van der Waals surface area contributed by atoms with Gasteiger partial charge in [-0.3, -0.25) is 0 Å². The number of rotatable bonds is 3. The summed E-state index contributed by atoms with van der Waals surface area (Å²) >= 11 is 0. The molecule has 0 N–H and O–H groups in total. The third-order valence-electron chi connectivity index (χ3n) is 0.808. The molecular formula is C5H13P. The van der Waals surface area contributed by atoms with E-state index < -0.39 is 0 Å². The van der Waals surface area contributed by atoms with Gasteiger partial charge in [0.25, 0.3) is 0 Å². The zero-order valence-corrected chi connectivity index (χ0v) is 5.56. The highest BCUT2D eigenvalue weighted by molar-refractivity contribution is 7.16. The molecular weight excluding hydrogens is 91.0 g/mol. The lowest BCUT2D eigenvalue weighted by Gasteiger charge is -1.86. The standard InChI is InChI=1S/C5H13P/c1-2-3-4-5-6/h2-6H2,1H3. The normalized spacial score (nSPS) is 9.00. The van der Waals surface area contributed by atoms with Gasteiger partial charge in [0.05, 0.1) is 0 Å². The lowest BCUT2D eigenvalue weighted by atomic mass is 10.3. The van der Waals surface area contributed by atoms with Gasteiger partial charge in [-0.25, -0.2) is 0 Å². The number of hydrogen-bond acceptors (Lipinski definition) is 0. The van der Waals surface area contributed by atoms with Crippen molar-refractivity contribution in [3.05, 3.63) is 0 Å². The van der Waals surface area contributed by atoms with Crippen molar-refractivity contribution >= 4 is 9.24 Å². The molecule has 0 radical (unpaired) electrons. The Morgan fingerprint density at radius 3 is 2.17 bits per heavy atom. The van der Waals surface area contributed by atoms with E-state index in [-0.39, 0.29) is 0 Å². The van der Waals surface area contributed by atoms with Crippen LogP contribution >= 0.6 is 9.24 Å². The smallest absolute Gasteiger partial charge is 0.0381 e. The fourth-order valence-electron chi connectivity index (χ4n) is 0.394. The van der Waals surface area contributed by atoms with Crippen LogP contribution < -0.4 is 0 Å². The molecule has 6 heavy (non-hydrogen) atoms. The maximum absolute atomic E-state index is 2.73. The van der Waals surface area contributed by atoms with Crippen molar-refractivity contribution in [3.63, 3.8) is 0 Å². The third-order valence-corrected chi connectivity index (χ3v) is 1.22. The molecule has 0 aliphatic heterocycles. The van der Waals surface area contributed by atoms with E-state index in [1.807, 2.05) is 0 Å². The van der Waals surface area contributed by atoms with Gasteiger partial charge >= 0.3 is 0 Å². The fourth-order valence-corrected chi connectivity index (χ4v) is 0.683. The van der Waals surface area contributed by atoms with Crippen LogP contribution in [0.3, 0.4) is 0 Å². The molecule has 0 fully saturated rings. The maximum Gasteiger partial charge on any atom is -0.0381 e. The highest BCUT2D eigenvalue weighted by Crippen LogP contribution is 1.95. The summed E-state index contributed by atoms with van der Waals surface area (Å²) < 4.78 is 0. The van der Waals surface area contributed by atoms with Crippen molar-refractivity contribution in [2.24, 2.45) is 0 Å². The lowest BCUT2D eigenvalue weighted by Crippen LogP contribution is -1.70. The molecule has 0 saturated carbocycles. The van der Waals surface area contributed by atoms with E-state index in [9.17, 15) is 0 Å². The van der Waals surface area contributed by atoms with E-state index >= 15 is 0 Å². The van der Waals surface area contributed by atoms with Crippen LogP contribution in [-0.2, 0) is 0 Å². The van der Waals surface area contributed by atoms with Crippen LogP contribution in [0.15, 0.2) is 0 Å². The molecule has 0 bridgehead atoms. The molecule has 1 heteroatoms. The van der Waals surface area contributed by atoms with Crippen LogP contribution in [0.1, 0.15) is 26.2 Å². The predicted octanol–water partition coefficient (Wildman–Crippen LogP) is 2.05. The van der Waals surface area contributed by atoms with Gasteiger partial charge in [-0.2, -0.15) is 0 Å². The minimum atomic E-state index is 1.27. The molecule has 0 heterocycles. The Balaban J connectivity index is 2.34. The molecule has 1 unspecified atom stereocenters. The molecule has 0 spiro atoms. The summed E-state index contributed by atoms with van der Waals surface area (Å²) in [6.45, 7) is 2.22. The summed E-state index contributed by atoms with van der Waals surface area (Å²) in [4.78, 5) is 0. The van der Waals surface area contributed by atoms with E-state index in [2.05, 4.69) is 16.2 Å². The molecule has 1 atom stereocenters. The van der Waals surface area contributed by atoms with Crippen molar-refractivity contribution in [1.82, 2.24) is 0 Å². The molecule has 0 aliphatic carbocycles. The van der Waals surface area contributed by atoms with Gasteiger partial charge in [0.1, 0.15) is 0 Å². The summed E-state index contributed by atoms with van der Waals surface area (Å²) in [6, 6.07) is 0. The van der Waals surface area contributed by atoms with Gasteiger partial charge in [0.2, 0.25) is 0 Å². The van der Waals surface area contributed by atoms with Gasteiger partial charge in [0.15, 0.2) is 0 Å². The van der Waals surface area contributed by atoms with Crippen LogP contribution in [0.2, 0.25) is 0 Å². The summed E-state index contributed by atoms with van der Waals surface area (Å²) in [7, 11) is 2.73. The van der Waals surface area contributed by atoms with Gasteiger partial charge in [-0.05, 0) is 12.6 Å². The molecule has 0 aliphatic rings. The van der Waals surface area contributed by atoms with E-state index in [0.29, 0.717) is 0 Å². The second-order valence-electron chi connectivity index (χ2n) is 1.50. The molecule has 0 aromatic heterocycles. The molecule has 0 aromatic rings. The third kappa shape index (κ3) is 4.43. The Kier molecular flexibility index (Phi) is 5.82. The van der Waals surface area contributed by atoms with Gasteiger partial charge in [-0.1, -0.05) is 19.8 Å². The minimum Gasteiger partial charge on any atom is -0.138 e. The van der Waals surface area contributed by atoms with E-state index in [0.717, 1.165) is 0 Å². The van der Waals surface area contributed by atoms with Gasteiger partial charge < -0.3 is 0 Å². The van der Waals surface area contributed by atoms with E-state index in [4.69, 9.17) is 0 Å². The van der Waals surface area contributed by atoms with Crippen LogP contribution in [0.4, 0.5) is 0 Å². The minimum absolute atomic E-state index is 1.27. The molecule has 0 rings (SSSR count). The molecule has 38 valence electrons. The Bertz CT molecular complexity index is 15.9. The Hall–Kier alpha value is 0.430. The SMILES string of the molecule is CCCCCP. The number of unbranched alkanes of at least 4 members (excludes halogenated alkanes) is 2. The topological polar surface area (TPSA) is 0 Å². The van der Waals surface area contributed by atoms with Crippen molar-refractivity contribution in [2.75, 3.05) is 6.16 Å². The summed E-state index contributed by atoms with van der Waals surface area (Å²) in [6.07, 6.45) is 5.38. The second-order valence-corrected chi connectivity index (χ2v) is 2.07. The Morgan fingerprint density at radius 1 is 1.33 bits per heavy atom. The van der Waals surface area contributed by atoms with E-state index in [1.54, 1.807) is 0 Å². The second kappa shape index (κ2) is 5.43. The predicted molar refractivity (Wildman–Crippen MR) is 34.1 cm³/mol. The first-order valence-electron chi connectivity index (χ1n) is 2.62. The summed E-state index contributed by atoms with van der Waals surface area (Å²) in [5.41, 5.74) is 0. The highest BCUT2D eigenvalue weighted by atomic mass is 31.0. The quantitative estimate of drug-likeness (QED) is 0.379. The van der Waals surface area contributed by atoms with Crippen molar-refractivity contribution < 1.29 is 0 Å². The molecule has 0 nitrogen and oxygen atoms in total. The van der Waals surface area contributed by atoms with Gasteiger partial charge in [0, 0.05) is 0 Å².